The predicted molar refractivity (Wildman–Crippen MR) is 113 cm³/mol. The maximum absolute atomic E-state index is 12.5. The highest BCUT2D eigenvalue weighted by Gasteiger charge is 2.16. The molecule has 0 spiro atoms. The average molecular weight is 392 g/mol. The molecule has 0 radical (unpaired) electrons. The van der Waals surface area contributed by atoms with Crippen LogP contribution in [-0.4, -0.2) is 56.3 Å². The fourth-order valence-electron chi connectivity index (χ4n) is 3.31. The number of carbonyl (C=O) groups excluding carboxylic acids is 1. The molecule has 1 aromatic heterocycles. The van der Waals surface area contributed by atoms with Crippen molar-refractivity contribution in [2.75, 3.05) is 50.6 Å². The van der Waals surface area contributed by atoms with Gasteiger partial charge in [-0.15, -0.1) is 0 Å². The van der Waals surface area contributed by atoms with E-state index < -0.39 is 0 Å². The van der Waals surface area contributed by atoms with Crippen LogP contribution in [0.1, 0.15) is 10.5 Å². The minimum absolute atomic E-state index is 0.228. The second-order valence-electron chi connectivity index (χ2n) is 7.10. The van der Waals surface area contributed by atoms with E-state index in [2.05, 4.69) is 27.3 Å². The van der Waals surface area contributed by atoms with E-state index in [-0.39, 0.29) is 11.6 Å². The molecule has 0 atom stereocenters. The van der Waals surface area contributed by atoms with Crippen LogP contribution in [0.2, 0.25) is 0 Å². The van der Waals surface area contributed by atoms with Crippen molar-refractivity contribution in [1.29, 1.82) is 0 Å². The summed E-state index contributed by atoms with van der Waals surface area (Å²) in [4.78, 5) is 17.2. The topological polar surface area (TPSA) is 70.8 Å². The average Bonchev–Trinajstić information content (AvgIpc) is 3.26. The molecule has 7 nitrogen and oxygen atoms in total. The summed E-state index contributed by atoms with van der Waals surface area (Å²) in [5.41, 5.74) is 2.91. The highest BCUT2D eigenvalue weighted by atomic mass is 16.5. The van der Waals surface area contributed by atoms with Crippen LogP contribution in [-0.2, 0) is 0 Å². The molecule has 1 aliphatic heterocycles. The quantitative estimate of drug-likeness (QED) is 0.718. The zero-order chi connectivity index (χ0) is 20.2. The first-order valence-corrected chi connectivity index (χ1v) is 9.58. The van der Waals surface area contributed by atoms with Crippen LogP contribution < -0.4 is 15.0 Å². The van der Waals surface area contributed by atoms with Gasteiger partial charge in [0.1, 0.15) is 5.75 Å². The van der Waals surface area contributed by atoms with Crippen LogP contribution in [0, 0.1) is 0 Å². The van der Waals surface area contributed by atoms with Crippen molar-refractivity contribution < 1.29 is 14.1 Å². The van der Waals surface area contributed by atoms with Crippen LogP contribution >= 0.6 is 0 Å². The summed E-state index contributed by atoms with van der Waals surface area (Å²) in [6.45, 7) is 4.13. The number of methoxy groups -OCH3 is 1. The van der Waals surface area contributed by atoms with Crippen LogP contribution in [0.15, 0.2) is 59.1 Å². The zero-order valence-electron chi connectivity index (χ0n) is 16.6. The Bertz CT molecular complexity index is 976. The lowest BCUT2D eigenvalue weighted by molar-refractivity contribution is 0.101. The molecule has 0 unspecified atom stereocenters. The van der Waals surface area contributed by atoms with Gasteiger partial charge in [-0.2, -0.15) is 0 Å². The van der Waals surface area contributed by atoms with Crippen molar-refractivity contribution in [1.82, 2.24) is 10.1 Å². The Morgan fingerprint density at radius 2 is 1.83 bits per heavy atom. The van der Waals surface area contributed by atoms with Crippen LogP contribution in [0.3, 0.4) is 0 Å². The first-order chi connectivity index (χ1) is 14.1. The lowest BCUT2D eigenvalue weighted by Crippen LogP contribution is -2.44. The largest absolute Gasteiger partial charge is 0.497 e. The van der Waals surface area contributed by atoms with Gasteiger partial charge in [0.25, 0.3) is 5.91 Å². The van der Waals surface area contributed by atoms with E-state index in [1.165, 1.54) is 0 Å². The smallest absolute Gasteiger partial charge is 0.277 e. The molecule has 4 rings (SSSR count). The Hall–Kier alpha value is -3.32. The van der Waals surface area contributed by atoms with E-state index in [0.29, 0.717) is 11.5 Å². The lowest BCUT2D eigenvalue weighted by atomic mass is 10.1. The van der Waals surface area contributed by atoms with Gasteiger partial charge in [0.2, 0.25) is 0 Å². The summed E-state index contributed by atoms with van der Waals surface area (Å²) in [5.74, 6) is 0.917. The monoisotopic (exact) mass is 392 g/mol. The van der Waals surface area contributed by atoms with Gasteiger partial charge in [-0.05, 0) is 43.4 Å². The number of hydrogen-bond donors (Lipinski definition) is 1. The van der Waals surface area contributed by atoms with E-state index >= 15 is 0 Å². The summed E-state index contributed by atoms with van der Waals surface area (Å²) in [6, 6.07) is 16.9. The van der Waals surface area contributed by atoms with Gasteiger partial charge in [0.05, 0.1) is 7.11 Å². The van der Waals surface area contributed by atoms with Crippen molar-refractivity contribution in [3.05, 3.63) is 60.3 Å². The summed E-state index contributed by atoms with van der Waals surface area (Å²) < 4.78 is 10.6. The number of aromatic nitrogens is 1. The van der Waals surface area contributed by atoms with E-state index in [0.717, 1.165) is 43.1 Å². The lowest BCUT2D eigenvalue weighted by Gasteiger charge is -2.34. The molecule has 0 bridgehead atoms. The Morgan fingerprint density at radius 3 is 2.55 bits per heavy atom. The van der Waals surface area contributed by atoms with Crippen LogP contribution in [0.5, 0.6) is 5.75 Å². The van der Waals surface area contributed by atoms with Gasteiger partial charge < -0.3 is 24.4 Å². The van der Waals surface area contributed by atoms with Gasteiger partial charge in [-0.1, -0.05) is 17.3 Å². The summed E-state index contributed by atoms with van der Waals surface area (Å²) in [5, 5.41) is 6.77. The number of anilines is 2. The molecule has 1 saturated heterocycles. The van der Waals surface area contributed by atoms with E-state index in [9.17, 15) is 4.79 Å². The normalized spacial score (nSPS) is 14.6. The Morgan fingerprint density at radius 1 is 1.07 bits per heavy atom. The predicted octanol–water partition coefficient (Wildman–Crippen LogP) is 3.35. The third-order valence-corrected chi connectivity index (χ3v) is 5.09. The summed E-state index contributed by atoms with van der Waals surface area (Å²) in [7, 11) is 3.74. The number of piperazine rings is 1. The summed E-state index contributed by atoms with van der Waals surface area (Å²) >= 11 is 0. The van der Waals surface area contributed by atoms with Gasteiger partial charge in [-0.25, -0.2) is 0 Å². The zero-order valence-corrected chi connectivity index (χ0v) is 16.6. The number of nitrogens with zero attached hydrogens (tertiary/aromatic N) is 3. The third-order valence-electron chi connectivity index (χ3n) is 5.09. The molecule has 0 saturated carbocycles. The molecule has 1 N–H and O–H groups in total. The minimum atomic E-state index is -0.310. The second-order valence-corrected chi connectivity index (χ2v) is 7.10. The van der Waals surface area contributed by atoms with Crippen molar-refractivity contribution in [2.24, 2.45) is 0 Å². The van der Waals surface area contributed by atoms with E-state index in [4.69, 9.17) is 9.26 Å². The van der Waals surface area contributed by atoms with Crippen molar-refractivity contribution in [2.45, 2.75) is 0 Å². The SMILES string of the molecule is COc1cccc(-c2cc(C(=O)Nc3ccc(N4CCN(C)CC4)cc3)no2)c1. The maximum Gasteiger partial charge on any atom is 0.277 e. The molecule has 150 valence electrons. The number of rotatable bonds is 5. The number of ether oxygens (including phenoxy) is 1. The highest BCUT2D eigenvalue weighted by Crippen LogP contribution is 2.25. The maximum atomic E-state index is 12.5. The molecule has 29 heavy (non-hydrogen) atoms. The Balaban J connectivity index is 1.41. The fourth-order valence-corrected chi connectivity index (χ4v) is 3.31. The molecule has 7 heteroatoms. The number of carbonyl (C=O) groups is 1. The minimum Gasteiger partial charge on any atom is -0.497 e. The van der Waals surface area contributed by atoms with Gasteiger partial charge in [-0.3, -0.25) is 4.79 Å². The van der Waals surface area contributed by atoms with Gasteiger partial charge >= 0.3 is 0 Å². The Kier molecular flexibility index (Phi) is 5.48. The molecule has 1 amide bonds. The third kappa shape index (κ3) is 4.41. The first kappa shape index (κ1) is 19.0. The molecular formula is C22H24N4O3. The molecule has 3 aromatic rings. The first-order valence-electron chi connectivity index (χ1n) is 9.58. The van der Waals surface area contributed by atoms with Gasteiger partial charge in [0.15, 0.2) is 11.5 Å². The molecule has 0 aliphatic carbocycles. The molecule has 1 fully saturated rings. The molecule has 1 aliphatic rings. The fraction of sp³-hybridized carbons (Fsp3) is 0.273. The second kappa shape index (κ2) is 8.36. The van der Waals surface area contributed by atoms with E-state index in [1.807, 2.05) is 48.5 Å². The highest BCUT2D eigenvalue weighted by molar-refractivity contribution is 6.03. The van der Waals surface area contributed by atoms with Crippen molar-refractivity contribution >= 4 is 17.3 Å². The van der Waals surface area contributed by atoms with Crippen LogP contribution in [0.25, 0.3) is 11.3 Å². The standard InChI is InChI=1S/C22H24N4O3/c1-25-10-12-26(13-11-25)18-8-6-17(7-9-18)23-22(27)20-15-21(29-24-20)16-4-3-5-19(14-16)28-2/h3-9,14-15H,10-13H2,1-2H3,(H,23,27). The van der Waals surface area contributed by atoms with Gasteiger partial charge in [0, 0.05) is 49.2 Å². The van der Waals surface area contributed by atoms with Crippen molar-refractivity contribution in [3.8, 4) is 17.1 Å². The number of nitrogens with one attached hydrogen (secondary N) is 1. The Labute approximate surface area is 169 Å². The molecule has 2 heterocycles. The van der Waals surface area contributed by atoms with Crippen molar-refractivity contribution in [3.63, 3.8) is 0 Å². The number of likely N-dealkylation sites (N-methyl/N-ethyl adjacent to an activating group) is 1. The molecular weight excluding hydrogens is 368 g/mol. The van der Waals surface area contributed by atoms with Crippen LogP contribution in [0.4, 0.5) is 11.4 Å². The summed E-state index contributed by atoms with van der Waals surface area (Å²) in [6.07, 6.45) is 0. The number of amides is 1. The number of benzene rings is 2. The number of hydrogen-bond acceptors (Lipinski definition) is 6. The van der Waals surface area contributed by atoms with E-state index in [1.54, 1.807) is 13.2 Å². The molecule has 2 aromatic carbocycles.